The van der Waals surface area contributed by atoms with Gasteiger partial charge in [0.2, 0.25) is 0 Å². The van der Waals surface area contributed by atoms with Crippen molar-refractivity contribution in [2.45, 2.75) is 57.8 Å². The van der Waals surface area contributed by atoms with Crippen LogP contribution in [-0.2, 0) is 0 Å². The van der Waals surface area contributed by atoms with Gasteiger partial charge in [0.1, 0.15) is 0 Å². The Morgan fingerprint density at radius 1 is 0.449 bits per heavy atom. The molecular formula is C67H56N2. The van der Waals surface area contributed by atoms with Crippen LogP contribution in [0.25, 0.3) is 82.4 Å². The summed E-state index contributed by atoms with van der Waals surface area (Å²) in [5.74, 6) is 1.48. The van der Waals surface area contributed by atoms with Gasteiger partial charge in [-0.05, 0) is 165 Å². The number of nitrogens with zero attached hydrogens (tertiary/aromatic N) is 2. The second-order valence-electron chi connectivity index (χ2n) is 20.3. The van der Waals surface area contributed by atoms with Crippen molar-refractivity contribution in [3.05, 3.63) is 230 Å². The highest BCUT2D eigenvalue weighted by molar-refractivity contribution is 6.19. The summed E-state index contributed by atoms with van der Waals surface area (Å²) in [6.07, 6.45) is 9.59. The summed E-state index contributed by atoms with van der Waals surface area (Å²) in [6.45, 7) is 2.58. The molecule has 0 saturated heterocycles. The van der Waals surface area contributed by atoms with Gasteiger partial charge >= 0.3 is 0 Å². The van der Waals surface area contributed by atoms with Gasteiger partial charge in [0.05, 0.1) is 11.0 Å². The Morgan fingerprint density at radius 2 is 1.12 bits per heavy atom. The van der Waals surface area contributed by atoms with E-state index in [0.717, 1.165) is 23.0 Å². The van der Waals surface area contributed by atoms with Crippen molar-refractivity contribution < 1.29 is 0 Å². The van der Waals surface area contributed by atoms with Crippen molar-refractivity contribution in [2.75, 3.05) is 4.90 Å². The zero-order chi connectivity index (χ0) is 45.9. The normalized spacial score (nSPS) is 18.2. The number of aromatic nitrogens is 1. The smallest absolute Gasteiger partial charge is 0.0625 e. The molecule has 1 aromatic heterocycles. The highest BCUT2D eigenvalue weighted by Crippen LogP contribution is 2.54. The first-order chi connectivity index (χ1) is 34.1. The van der Waals surface area contributed by atoms with Crippen LogP contribution >= 0.6 is 0 Å². The third kappa shape index (κ3) is 7.33. The predicted octanol–water partition coefficient (Wildman–Crippen LogP) is 19.0. The first-order valence-electron chi connectivity index (χ1n) is 25.3. The fourth-order valence-electron chi connectivity index (χ4n) is 12.7. The number of para-hydroxylation sites is 2. The highest BCUT2D eigenvalue weighted by atomic mass is 15.1. The minimum atomic E-state index is 0.536. The summed E-state index contributed by atoms with van der Waals surface area (Å²) in [4.78, 5) is 2.46. The fraction of sp³-hybridized carbons (Fsp3) is 0.164. The molecule has 2 fully saturated rings. The molecule has 0 spiro atoms. The Hall–Kier alpha value is -7.68. The zero-order valence-corrected chi connectivity index (χ0v) is 39.4. The van der Waals surface area contributed by atoms with E-state index in [-0.39, 0.29) is 0 Å². The molecule has 3 unspecified atom stereocenters. The first kappa shape index (κ1) is 41.5. The summed E-state index contributed by atoms with van der Waals surface area (Å²) in [7, 11) is 0. The second kappa shape index (κ2) is 17.1. The molecule has 0 radical (unpaired) electrons. The zero-order valence-electron chi connectivity index (χ0n) is 39.4. The van der Waals surface area contributed by atoms with Crippen molar-refractivity contribution in [1.82, 2.24) is 4.57 Å². The maximum absolute atomic E-state index is 2.58. The molecule has 0 bridgehead atoms. The van der Waals surface area contributed by atoms with Gasteiger partial charge in [-0.15, -0.1) is 0 Å². The quantitative estimate of drug-likeness (QED) is 0.138. The van der Waals surface area contributed by atoms with Crippen molar-refractivity contribution in [2.24, 2.45) is 11.3 Å². The fourth-order valence-corrected chi connectivity index (χ4v) is 12.7. The number of rotatable bonds is 8. The lowest BCUT2D eigenvalue weighted by Crippen LogP contribution is -2.36. The van der Waals surface area contributed by atoms with Gasteiger partial charge in [0.25, 0.3) is 0 Å². The Bertz CT molecular complexity index is 3660. The minimum Gasteiger partial charge on any atom is -0.310 e. The third-order valence-corrected chi connectivity index (χ3v) is 16.3. The predicted molar refractivity (Wildman–Crippen MR) is 293 cm³/mol. The molecular weight excluding hydrogens is 833 g/mol. The van der Waals surface area contributed by atoms with Crippen LogP contribution in [0.15, 0.2) is 224 Å². The Kier molecular flexibility index (Phi) is 10.3. The monoisotopic (exact) mass is 888 g/mol. The van der Waals surface area contributed by atoms with Gasteiger partial charge in [0, 0.05) is 39.1 Å². The number of hydrogen-bond donors (Lipinski definition) is 0. The third-order valence-electron chi connectivity index (χ3n) is 16.3. The molecule has 2 saturated carbocycles. The molecule has 10 aromatic carbocycles. The summed E-state index contributed by atoms with van der Waals surface area (Å²) in [6, 6.07) is 83.6. The van der Waals surface area contributed by atoms with E-state index >= 15 is 0 Å². The van der Waals surface area contributed by atoms with Gasteiger partial charge in [-0.3, -0.25) is 0 Å². The average Bonchev–Trinajstić information content (AvgIpc) is 3.77. The molecule has 69 heavy (non-hydrogen) atoms. The van der Waals surface area contributed by atoms with Gasteiger partial charge in [0.15, 0.2) is 0 Å². The number of benzene rings is 10. The van der Waals surface area contributed by atoms with E-state index in [2.05, 4.69) is 241 Å². The van der Waals surface area contributed by atoms with Gasteiger partial charge in [-0.2, -0.15) is 0 Å². The van der Waals surface area contributed by atoms with E-state index in [9.17, 15) is 0 Å². The summed E-state index contributed by atoms with van der Waals surface area (Å²) >= 11 is 0. The van der Waals surface area contributed by atoms with E-state index in [4.69, 9.17) is 0 Å². The molecule has 334 valence electrons. The number of fused-ring (bicyclic) bond motifs is 7. The average molecular weight is 889 g/mol. The topological polar surface area (TPSA) is 8.17 Å². The van der Waals surface area contributed by atoms with Crippen molar-refractivity contribution >= 4 is 60.4 Å². The van der Waals surface area contributed by atoms with E-state index in [1.165, 1.54) is 133 Å². The largest absolute Gasteiger partial charge is 0.310 e. The van der Waals surface area contributed by atoms with Crippen LogP contribution in [-0.4, -0.2) is 4.57 Å². The van der Waals surface area contributed by atoms with Crippen molar-refractivity contribution in [1.29, 1.82) is 0 Å². The first-order valence-corrected chi connectivity index (χ1v) is 25.3. The van der Waals surface area contributed by atoms with Crippen LogP contribution in [0.4, 0.5) is 17.1 Å². The SMILES string of the molecule is CC12CCCCC1CC(c1ccc(N(c3ccc(-c4ccc5c(ccc6ccccc65)c4)cc3)c3cccc(-c4ccc(-c5ccccc5)c5c4c4ccccc4n5-c4ccccc4)c3)cc1)CC2. The molecule has 2 heteroatoms. The molecule has 0 aliphatic heterocycles. The lowest BCUT2D eigenvalue weighted by Gasteiger charge is -2.48. The standard InChI is InChI=1S/C67H56N2/c1-67-41-13-12-19-54(67)44-51(40-42-67)47-30-35-57(36-31-47)68(56-33-28-46(29-34-56)50-32-37-60-53(43-50)27-26-49-17-8-9-23-59(49)60)58-22-14-18-52(45-58)61-38-39-62(48-15-4-2-5-16-48)66-65(61)63-24-10-11-25-64(63)69(66)55-20-6-3-7-21-55/h2-11,14-18,20-39,43,45,51,54H,12-13,19,40-42,44H2,1H3. The minimum absolute atomic E-state index is 0.536. The summed E-state index contributed by atoms with van der Waals surface area (Å²) in [5.41, 5.74) is 16.3. The van der Waals surface area contributed by atoms with Crippen LogP contribution in [0.5, 0.6) is 0 Å². The Labute approximate surface area is 406 Å². The van der Waals surface area contributed by atoms with Crippen LogP contribution in [0.2, 0.25) is 0 Å². The van der Waals surface area contributed by atoms with E-state index in [1.807, 2.05) is 0 Å². The van der Waals surface area contributed by atoms with Gasteiger partial charge < -0.3 is 9.47 Å². The molecule has 0 N–H and O–H groups in total. The molecule has 2 aliphatic rings. The molecule has 13 rings (SSSR count). The molecule has 11 aromatic rings. The van der Waals surface area contributed by atoms with Crippen LogP contribution in [0.1, 0.15) is 63.4 Å². The van der Waals surface area contributed by atoms with Crippen LogP contribution in [0, 0.1) is 11.3 Å². The molecule has 2 nitrogen and oxygen atoms in total. The maximum Gasteiger partial charge on any atom is 0.0625 e. The van der Waals surface area contributed by atoms with E-state index in [0.29, 0.717) is 11.3 Å². The maximum atomic E-state index is 2.58. The molecule has 1 heterocycles. The molecule has 3 atom stereocenters. The van der Waals surface area contributed by atoms with Gasteiger partial charge in [-0.25, -0.2) is 0 Å². The van der Waals surface area contributed by atoms with Crippen LogP contribution in [0.3, 0.4) is 0 Å². The molecule has 2 aliphatic carbocycles. The highest BCUT2D eigenvalue weighted by Gasteiger charge is 2.41. The number of anilines is 3. The number of hydrogen-bond acceptors (Lipinski definition) is 1. The van der Waals surface area contributed by atoms with E-state index in [1.54, 1.807) is 0 Å². The Balaban J connectivity index is 0.934. The van der Waals surface area contributed by atoms with Crippen molar-refractivity contribution in [3.63, 3.8) is 0 Å². The Morgan fingerprint density at radius 3 is 1.94 bits per heavy atom. The lowest BCUT2D eigenvalue weighted by molar-refractivity contribution is 0.0543. The summed E-state index contributed by atoms with van der Waals surface area (Å²) in [5, 5.41) is 7.64. The summed E-state index contributed by atoms with van der Waals surface area (Å²) < 4.78 is 2.47. The van der Waals surface area contributed by atoms with Crippen molar-refractivity contribution in [3.8, 4) is 39.1 Å². The second-order valence-corrected chi connectivity index (χ2v) is 20.3. The lowest BCUT2D eigenvalue weighted by atomic mass is 9.57. The molecule has 0 amide bonds. The van der Waals surface area contributed by atoms with E-state index < -0.39 is 0 Å². The van der Waals surface area contributed by atoms with Crippen LogP contribution < -0.4 is 4.90 Å². The van der Waals surface area contributed by atoms with Gasteiger partial charge in [-0.1, -0.05) is 184 Å².